The van der Waals surface area contributed by atoms with Crippen LogP contribution in [0.5, 0.6) is 11.5 Å². The molecule has 2 N–H and O–H groups in total. The molecule has 0 spiro atoms. The van der Waals surface area contributed by atoms with Crippen LogP contribution in [-0.2, 0) is 25.1 Å². The van der Waals surface area contributed by atoms with Crippen LogP contribution in [0.15, 0.2) is 46.2 Å². The molecule has 0 heterocycles. The molecule has 0 aliphatic heterocycles. The summed E-state index contributed by atoms with van der Waals surface area (Å²) < 4.78 is 47.3. The van der Waals surface area contributed by atoms with Gasteiger partial charge in [0.05, 0.1) is 0 Å². The Bertz CT molecular complexity index is 951. The third-order valence-electron chi connectivity index (χ3n) is 4.16. The Morgan fingerprint density at radius 3 is 1.32 bits per heavy atom. The molecule has 0 saturated carbocycles. The van der Waals surface area contributed by atoms with Gasteiger partial charge in [-0.3, -0.25) is 0 Å². The number of benzene rings is 2. The van der Waals surface area contributed by atoms with E-state index in [1.807, 2.05) is 0 Å². The van der Waals surface area contributed by atoms with Crippen LogP contribution in [0.2, 0.25) is 0 Å². The second kappa shape index (κ2) is 6.03. The average Bonchev–Trinajstić information content (AvgIpc) is 2.45. The number of aromatic hydroxyl groups is 2. The van der Waals surface area contributed by atoms with E-state index in [-0.39, 0.29) is 21.3 Å². The minimum atomic E-state index is -3.62. The molecule has 136 valence electrons. The summed E-state index contributed by atoms with van der Waals surface area (Å²) in [5, 5.41) is 19.6. The van der Waals surface area contributed by atoms with Crippen molar-refractivity contribution in [3.63, 3.8) is 0 Å². The molecule has 6 nitrogen and oxygen atoms in total. The number of phenolic OH excluding ortho intramolecular Hbond substituents is 2. The summed E-state index contributed by atoms with van der Waals surface area (Å²) in [6.07, 6.45) is 2.00. The first-order valence-corrected chi connectivity index (χ1v) is 11.1. The van der Waals surface area contributed by atoms with Crippen molar-refractivity contribution in [2.45, 2.75) is 29.1 Å². The zero-order chi connectivity index (χ0) is 19.2. The van der Waals surface area contributed by atoms with Crippen LogP contribution in [-0.4, -0.2) is 39.6 Å². The average molecular weight is 384 g/mol. The first-order valence-electron chi connectivity index (χ1n) is 7.31. The molecule has 8 heteroatoms. The lowest BCUT2D eigenvalue weighted by atomic mass is 9.78. The van der Waals surface area contributed by atoms with Gasteiger partial charge in [-0.05, 0) is 35.4 Å². The molecule has 0 bridgehead atoms. The molecule has 25 heavy (non-hydrogen) atoms. The van der Waals surface area contributed by atoms with Gasteiger partial charge in [-0.2, -0.15) is 0 Å². The highest BCUT2D eigenvalue weighted by atomic mass is 32.2. The Kier molecular flexibility index (Phi) is 4.65. The number of rotatable bonds is 4. The predicted molar refractivity (Wildman–Crippen MR) is 94.6 cm³/mol. The van der Waals surface area contributed by atoms with Crippen LogP contribution in [0.4, 0.5) is 0 Å². The third kappa shape index (κ3) is 3.80. The highest BCUT2D eigenvalue weighted by Crippen LogP contribution is 2.37. The van der Waals surface area contributed by atoms with Crippen LogP contribution in [0.3, 0.4) is 0 Å². The molecule has 0 unspecified atom stereocenters. The van der Waals surface area contributed by atoms with E-state index in [9.17, 15) is 27.0 Å². The van der Waals surface area contributed by atoms with Gasteiger partial charge in [-0.1, -0.05) is 26.0 Å². The van der Waals surface area contributed by atoms with Crippen molar-refractivity contribution in [1.82, 2.24) is 0 Å². The molecule has 0 aliphatic rings. The SMILES string of the molecule is CC(C)(c1ccc(O)c(S(C)(=O)=O)c1)c1ccc(O)c(S(C)(=O)=O)c1. The molecule has 0 aromatic heterocycles. The molecule has 2 aromatic rings. The maximum absolute atomic E-state index is 11.8. The highest BCUT2D eigenvalue weighted by molar-refractivity contribution is 7.91. The van der Waals surface area contributed by atoms with E-state index in [4.69, 9.17) is 0 Å². The van der Waals surface area contributed by atoms with Gasteiger partial charge in [0, 0.05) is 17.9 Å². The van der Waals surface area contributed by atoms with Crippen LogP contribution < -0.4 is 0 Å². The highest BCUT2D eigenvalue weighted by Gasteiger charge is 2.28. The second-order valence-electron chi connectivity index (χ2n) is 6.53. The largest absolute Gasteiger partial charge is 0.507 e. The molecule has 2 rings (SSSR count). The predicted octanol–water partition coefficient (Wildman–Crippen LogP) is 2.23. The zero-order valence-electron chi connectivity index (χ0n) is 14.3. The van der Waals surface area contributed by atoms with Crippen LogP contribution in [0.1, 0.15) is 25.0 Å². The van der Waals surface area contributed by atoms with Gasteiger partial charge < -0.3 is 10.2 Å². The lowest BCUT2D eigenvalue weighted by Gasteiger charge is -2.27. The van der Waals surface area contributed by atoms with E-state index >= 15 is 0 Å². The van der Waals surface area contributed by atoms with Crippen LogP contribution in [0.25, 0.3) is 0 Å². The summed E-state index contributed by atoms with van der Waals surface area (Å²) in [7, 11) is -7.24. The molecular formula is C17H20O6S2. The fraction of sp³-hybridized carbons (Fsp3) is 0.294. The first kappa shape index (κ1) is 19.3. The van der Waals surface area contributed by atoms with E-state index in [1.165, 1.54) is 24.3 Å². The maximum Gasteiger partial charge on any atom is 0.179 e. The Morgan fingerprint density at radius 2 is 1.04 bits per heavy atom. The maximum atomic E-state index is 11.8. The minimum absolute atomic E-state index is 0.194. The quantitative estimate of drug-likeness (QED) is 0.837. The summed E-state index contributed by atoms with van der Waals surface area (Å²) in [4.78, 5) is -0.389. The monoisotopic (exact) mass is 384 g/mol. The van der Waals surface area contributed by atoms with Gasteiger partial charge in [0.25, 0.3) is 0 Å². The van der Waals surface area contributed by atoms with Crippen LogP contribution >= 0.6 is 0 Å². The van der Waals surface area contributed by atoms with Gasteiger partial charge in [0.15, 0.2) is 19.7 Å². The summed E-state index contributed by atoms with van der Waals surface area (Å²) in [5.74, 6) is -0.686. The molecule has 2 aromatic carbocycles. The van der Waals surface area contributed by atoms with Crippen molar-refractivity contribution in [3.8, 4) is 11.5 Å². The lowest BCUT2D eigenvalue weighted by Crippen LogP contribution is -2.20. The summed E-state index contributed by atoms with van der Waals surface area (Å²) in [6, 6.07) is 8.50. The number of hydrogen-bond donors (Lipinski definition) is 2. The molecular weight excluding hydrogens is 364 g/mol. The Hall–Kier alpha value is -2.06. The Balaban J connectivity index is 2.68. The van der Waals surface area contributed by atoms with E-state index in [1.54, 1.807) is 26.0 Å². The molecule has 0 saturated heterocycles. The standard InChI is InChI=1S/C17H20O6S2/c1-17(2,11-5-7-13(18)15(9-11)24(3,20)21)12-6-8-14(19)16(10-12)25(4,22)23/h5-10,18-19H,1-4H3. The number of sulfone groups is 2. The van der Waals surface area contributed by atoms with Crippen molar-refractivity contribution < 1.29 is 27.0 Å². The van der Waals surface area contributed by atoms with E-state index in [0.29, 0.717) is 11.1 Å². The summed E-state index contributed by atoms with van der Waals surface area (Å²) in [5.41, 5.74) is 0.395. The zero-order valence-corrected chi connectivity index (χ0v) is 15.9. The summed E-state index contributed by atoms with van der Waals surface area (Å²) >= 11 is 0. The molecule has 0 aliphatic carbocycles. The number of hydrogen-bond acceptors (Lipinski definition) is 6. The normalized spacial score (nSPS) is 13.0. The third-order valence-corrected chi connectivity index (χ3v) is 6.41. The first-order chi connectivity index (χ1) is 11.2. The van der Waals surface area contributed by atoms with Gasteiger partial charge in [-0.25, -0.2) is 16.8 Å². The fourth-order valence-corrected chi connectivity index (χ4v) is 4.14. The van der Waals surface area contributed by atoms with Crippen molar-refractivity contribution in [3.05, 3.63) is 47.5 Å². The fourth-order valence-electron chi connectivity index (χ4n) is 2.57. The number of phenols is 2. The van der Waals surface area contributed by atoms with Gasteiger partial charge in [0.2, 0.25) is 0 Å². The topological polar surface area (TPSA) is 109 Å². The van der Waals surface area contributed by atoms with Gasteiger partial charge in [0.1, 0.15) is 21.3 Å². The smallest absolute Gasteiger partial charge is 0.179 e. The van der Waals surface area contributed by atoms with Crippen LogP contribution in [0, 0.1) is 0 Å². The Labute approximate surface area is 147 Å². The minimum Gasteiger partial charge on any atom is -0.507 e. The van der Waals surface area contributed by atoms with Crippen molar-refractivity contribution in [2.24, 2.45) is 0 Å². The molecule has 0 fully saturated rings. The van der Waals surface area contributed by atoms with Gasteiger partial charge in [-0.15, -0.1) is 0 Å². The van der Waals surface area contributed by atoms with Crippen molar-refractivity contribution in [2.75, 3.05) is 12.5 Å². The van der Waals surface area contributed by atoms with Crippen molar-refractivity contribution >= 4 is 19.7 Å². The van der Waals surface area contributed by atoms with Crippen molar-refractivity contribution in [1.29, 1.82) is 0 Å². The van der Waals surface area contributed by atoms with E-state index in [2.05, 4.69) is 0 Å². The molecule has 0 amide bonds. The molecule has 0 radical (unpaired) electrons. The summed E-state index contributed by atoms with van der Waals surface area (Å²) in [6.45, 7) is 3.59. The lowest BCUT2D eigenvalue weighted by molar-refractivity contribution is 0.457. The van der Waals surface area contributed by atoms with E-state index < -0.39 is 25.1 Å². The van der Waals surface area contributed by atoms with E-state index in [0.717, 1.165) is 12.5 Å². The van der Waals surface area contributed by atoms with Gasteiger partial charge >= 0.3 is 0 Å². The Morgan fingerprint density at radius 1 is 0.720 bits per heavy atom. The second-order valence-corrected chi connectivity index (χ2v) is 10.5. The molecule has 0 atom stereocenters.